The summed E-state index contributed by atoms with van der Waals surface area (Å²) in [5, 5.41) is 13.1. The third-order valence-corrected chi connectivity index (χ3v) is 4.77. The van der Waals surface area contributed by atoms with Crippen molar-refractivity contribution in [1.29, 1.82) is 0 Å². The Morgan fingerprint density at radius 2 is 1.92 bits per heavy atom. The molecule has 1 aliphatic carbocycles. The van der Waals surface area contributed by atoms with Crippen LogP contribution in [0.5, 0.6) is 0 Å². The van der Waals surface area contributed by atoms with Crippen molar-refractivity contribution in [2.75, 3.05) is 45.9 Å². The molecule has 0 aromatic heterocycles. The fourth-order valence-corrected chi connectivity index (χ4v) is 3.11. The van der Waals surface area contributed by atoms with Crippen LogP contribution in [0, 0.1) is 5.82 Å². The molecule has 1 aromatic rings. The smallest absolute Gasteiger partial charge is 0.234 e. The van der Waals surface area contributed by atoms with Gasteiger partial charge in [0.05, 0.1) is 25.9 Å². The molecule has 0 radical (unpaired) electrons. The minimum Gasteiger partial charge on any atom is -0.389 e. The Kier molecular flexibility index (Phi) is 6.96. The van der Waals surface area contributed by atoms with E-state index < -0.39 is 6.10 Å². The zero-order chi connectivity index (χ0) is 18.4. The van der Waals surface area contributed by atoms with E-state index in [1.165, 1.54) is 6.07 Å². The van der Waals surface area contributed by atoms with Crippen LogP contribution in [0.4, 0.5) is 4.39 Å². The predicted molar refractivity (Wildman–Crippen MR) is 96.1 cm³/mol. The van der Waals surface area contributed by atoms with Gasteiger partial charge < -0.3 is 15.2 Å². The second-order valence-electron chi connectivity index (χ2n) is 7.18. The summed E-state index contributed by atoms with van der Waals surface area (Å²) in [6.45, 7) is 4.61. The normalized spacial score (nSPS) is 20.1. The lowest BCUT2D eigenvalue weighted by molar-refractivity contribution is -0.122. The van der Waals surface area contributed by atoms with Crippen molar-refractivity contribution in [2.45, 2.75) is 31.6 Å². The number of aliphatic hydroxyl groups is 1. The van der Waals surface area contributed by atoms with Crippen LogP contribution in [0.15, 0.2) is 24.3 Å². The molecule has 0 spiro atoms. The minimum atomic E-state index is -0.605. The van der Waals surface area contributed by atoms with Gasteiger partial charge in [0.2, 0.25) is 5.91 Å². The molecule has 2 fully saturated rings. The minimum absolute atomic E-state index is 0.113. The number of carbonyl (C=O) groups excluding carboxylic acids is 1. The van der Waals surface area contributed by atoms with Crippen LogP contribution in [-0.4, -0.2) is 78.8 Å². The molecule has 0 bridgehead atoms. The van der Waals surface area contributed by atoms with Gasteiger partial charge in [0.15, 0.2) is 0 Å². The summed E-state index contributed by atoms with van der Waals surface area (Å²) in [5.41, 5.74) is 0.498. The first-order valence-corrected chi connectivity index (χ1v) is 9.33. The van der Waals surface area contributed by atoms with Crippen LogP contribution in [0.25, 0.3) is 0 Å². The number of halogens is 1. The van der Waals surface area contributed by atoms with Gasteiger partial charge in [-0.15, -0.1) is 0 Å². The van der Waals surface area contributed by atoms with E-state index in [1.54, 1.807) is 18.2 Å². The highest BCUT2D eigenvalue weighted by atomic mass is 19.1. The predicted octanol–water partition coefficient (Wildman–Crippen LogP) is 0.599. The molecule has 1 saturated carbocycles. The van der Waals surface area contributed by atoms with E-state index >= 15 is 0 Å². The van der Waals surface area contributed by atoms with E-state index in [4.69, 9.17) is 4.74 Å². The number of β-amino-alcohol motifs (C(OH)–C–C–N with tert-alkyl or cyclic N) is 1. The van der Waals surface area contributed by atoms with E-state index in [0.717, 1.165) is 39.0 Å². The van der Waals surface area contributed by atoms with Gasteiger partial charge in [0, 0.05) is 44.3 Å². The largest absolute Gasteiger partial charge is 0.389 e. The fourth-order valence-electron chi connectivity index (χ4n) is 3.11. The molecule has 1 saturated heterocycles. The molecule has 1 aliphatic heterocycles. The molecule has 6 nitrogen and oxygen atoms in total. The lowest BCUT2D eigenvalue weighted by atomic mass is 10.2. The Morgan fingerprint density at radius 1 is 1.23 bits per heavy atom. The second-order valence-corrected chi connectivity index (χ2v) is 7.18. The molecule has 3 rings (SSSR count). The van der Waals surface area contributed by atoms with Gasteiger partial charge in [0.1, 0.15) is 5.82 Å². The Bertz CT molecular complexity index is 589. The van der Waals surface area contributed by atoms with Gasteiger partial charge in [-0.2, -0.15) is 0 Å². The van der Waals surface area contributed by atoms with Crippen molar-refractivity contribution in [2.24, 2.45) is 0 Å². The highest BCUT2D eigenvalue weighted by molar-refractivity contribution is 5.78. The monoisotopic (exact) mass is 365 g/mol. The number of benzene rings is 1. The molecular weight excluding hydrogens is 337 g/mol. The number of nitrogens with one attached hydrogen (secondary N) is 1. The molecule has 1 amide bonds. The SMILES string of the molecule is O=C(CN1CCN(C[C@H](O)COCc2ccccc2F)CC1)NC1CC1. The first kappa shape index (κ1) is 19.2. The van der Waals surface area contributed by atoms with Crippen molar-refractivity contribution in [3.63, 3.8) is 0 Å². The number of rotatable bonds is 9. The van der Waals surface area contributed by atoms with Gasteiger partial charge in [0.25, 0.3) is 0 Å². The Balaban J connectivity index is 1.28. The fraction of sp³-hybridized carbons (Fsp3) is 0.632. The van der Waals surface area contributed by atoms with Crippen LogP contribution in [0.1, 0.15) is 18.4 Å². The van der Waals surface area contributed by atoms with E-state index in [-0.39, 0.29) is 24.9 Å². The molecule has 2 N–H and O–H groups in total. The number of nitrogens with zero attached hydrogens (tertiary/aromatic N) is 2. The molecule has 0 unspecified atom stereocenters. The van der Waals surface area contributed by atoms with Gasteiger partial charge in [-0.1, -0.05) is 18.2 Å². The molecule has 1 heterocycles. The number of carbonyl (C=O) groups is 1. The second kappa shape index (κ2) is 9.41. The maximum atomic E-state index is 13.5. The topological polar surface area (TPSA) is 65.0 Å². The Labute approximate surface area is 153 Å². The first-order valence-electron chi connectivity index (χ1n) is 9.33. The number of aliphatic hydroxyl groups excluding tert-OH is 1. The van der Waals surface area contributed by atoms with Crippen molar-refractivity contribution < 1.29 is 19.0 Å². The van der Waals surface area contributed by atoms with Crippen molar-refractivity contribution in [3.8, 4) is 0 Å². The van der Waals surface area contributed by atoms with E-state index in [9.17, 15) is 14.3 Å². The molecule has 1 atom stereocenters. The summed E-state index contributed by atoms with van der Waals surface area (Å²) in [7, 11) is 0. The van der Waals surface area contributed by atoms with E-state index in [0.29, 0.717) is 24.7 Å². The number of hydrogen-bond donors (Lipinski definition) is 2. The average molecular weight is 365 g/mol. The number of hydrogen-bond acceptors (Lipinski definition) is 5. The van der Waals surface area contributed by atoms with Crippen molar-refractivity contribution in [1.82, 2.24) is 15.1 Å². The van der Waals surface area contributed by atoms with Crippen LogP contribution in [0.3, 0.4) is 0 Å². The Hall–Kier alpha value is -1.54. The van der Waals surface area contributed by atoms with E-state index in [1.807, 2.05) is 0 Å². The maximum Gasteiger partial charge on any atom is 0.234 e. The summed E-state index contributed by atoms with van der Waals surface area (Å²) < 4.78 is 18.9. The van der Waals surface area contributed by atoms with Gasteiger partial charge >= 0.3 is 0 Å². The number of piperazine rings is 1. The summed E-state index contributed by atoms with van der Waals surface area (Å²) in [5.74, 6) is -0.175. The molecule has 2 aliphatic rings. The van der Waals surface area contributed by atoms with Gasteiger partial charge in [-0.25, -0.2) is 4.39 Å². The van der Waals surface area contributed by atoms with Crippen LogP contribution < -0.4 is 5.32 Å². The molecule has 7 heteroatoms. The highest BCUT2D eigenvalue weighted by Gasteiger charge is 2.25. The van der Waals surface area contributed by atoms with Crippen molar-refractivity contribution in [3.05, 3.63) is 35.6 Å². The van der Waals surface area contributed by atoms with Gasteiger partial charge in [-0.3, -0.25) is 14.6 Å². The first-order chi connectivity index (χ1) is 12.6. The van der Waals surface area contributed by atoms with Crippen LogP contribution in [-0.2, 0) is 16.1 Å². The third-order valence-electron chi connectivity index (χ3n) is 4.77. The Morgan fingerprint density at radius 3 is 2.62 bits per heavy atom. The van der Waals surface area contributed by atoms with Crippen LogP contribution >= 0.6 is 0 Å². The zero-order valence-corrected chi connectivity index (χ0v) is 15.1. The zero-order valence-electron chi connectivity index (χ0n) is 15.1. The van der Waals surface area contributed by atoms with Crippen LogP contribution in [0.2, 0.25) is 0 Å². The molecule has 1 aromatic carbocycles. The third kappa shape index (κ3) is 6.32. The number of ether oxygens (including phenoxy) is 1. The van der Waals surface area contributed by atoms with Gasteiger partial charge in [-0.05, 0) is 18.9 Å². The summed E-state index contributed by atoms with van der Waals surface area (Å²) in [4.78, 5) is 16.2. The standard InChI is InChI=1S/C19H28FN3O3/c20-18-4-2-1-3-15(18)13-26-14-17(24)11-22-7-9-23(10-8-22)12-19(25)21-16-5-6-16/h1-4,16-17,24H,5-14H2,(H,21,25)/t17-/m0/s1. The maximum absolute atomic E-state index is 13.5. The van der Waals surface area contributed by atoms with Crippen molar-refractivity contribution >= 4 is 5.91 Å². The molecule has 26 heavy (non-hydrogen) atoms. The highest BCUT2D eigenvalue weighted by Crippen LogP contribution is 2.18. The molecule has 144 valence electrons. The lowest BCUT2D eigenvalue weighted by Gasteiger charge is -2.35. The quantitative estimate of drug-likeness (QED) is 0.671. The van der Waals surface area contributed by atoms with E-state index in [2.05, 4.69) is 15.1 Å². The summed E-state index contributed by atoms with van der Waals surface area (Å²) >= 11 is 0. The number of amides is 1. The average Bonchev–Trinajstić information content (AvgIpc) is 3.42. The summed E-state index contributed by atoms with van der Waals surface area (Å²) in [6.07, 6.45) is 1.61. The lowest BCUT2D eigenvalue weighted by Crippen LogP contribution is -2.51. The summed E-state index contributed by atoms with van der Waals surface area (Å²) in [6, 6.07) is 6.90. The molecular formula is C19H28FN3O3.